The molecule has 6 heteroatoms. The van der Waals surface area contributed by atoms with Crippen LogP contribution in [0.5, 0.6) is 0 Å². The molecular weight excluding hydrogens is 309 g/mol. The van der Waals surface area contributed by atoms with Crippen molar-refractivity contribution in [2.75, 3.05) is 19.1 Å². The maximum atomic E-state index is 13.4. The van der Waals surface area contributed by atoms with Crippen LogP contribution in [0.4, 0.5) is 4.39 Å². The predicted molar refractivity (Wildman–Crippen MR) is 70.2 cm³/mol. The van der Waals surface area contributed by atoms with E-state index in [1.807, 2.05) is 0 Å². The van der Waals surface area contributed by atoms with E-state index in [2.05, 4.69) is 21.2 Å². The zero-order chi connectivity index (χ0) is 13.1. The van der Waals surface area contributed by atoms with Gasteiger partial charge in [0.1, 0.15) is 15.7 Å². The molecule has 96 valence electrons. The number of rotatable bonds is 5. The van der Waals surface area contributed by atoms with E-state index in [-0.39, 0.29) is 17.6 Å². The first-order valence-electron chi connectivity index (χ1n) is 5.13. The molecule has 0 aliphatic heterocycles. The number of benzene rings is 1. The minimum atomic E-state index is -3.00. The molecule has 0 fully saturated rings. The molecular formula is C11H15BrFNO2S. The van der Waals surface area contributed by atoms with Crippen molar-refractivity contribution in [3.63, 3.8) is 0 Å². The summed E-state index contributed by atoms with van der Waals surface area (Å²) in [4.78, 5) is 0. The van der Waals surface area contributed by atoms with Crippen LogP contribution >= 0.6 is 15.9 Å². The lowest BCUT2D eigenvalue weighted by atomic mass is 10.0. The third-order valence-electron chi connectivity index (χ3n) is 2.47. The van der Waals surface area contributed by atoms with Gasteiger partial charge >= 0.3 is 0 Å². The lowest BCUT2D eigenvalue weighted by Crippen LogP contribution is -2.20. The van der Waals surface area contributed by atoms with Gasteiger partial charge in [-0.25, -0.2) is 12.8 Å². The molecule has 0 aliphatic rings. The molecule has 0 spiro atoms. The lowest BCUT2D eigenvalue weighted by molar-refractivity contribution is 0.552. The first kappa shape index (κ1) is 14.6. The molecule has 1 rings (SSSR count). The Morgan fingerprint density at radius 3 is 2.59 bits per heavy atom. The second-order valence-electron chi connectivity index (χ2n) is 3.93. The highest BCUT2D eigenvalue weighted by Crippen LogP contribution is 2.22. The van der Waals surface area contributed by atoms with Gasteiger partial charge in [-0.1, -0.05) is 6.07 Å². The monoisotopic (exact) mass is 323 g/mol. The molecule has 3 nitrogen and oxygen atoms in total. The Hall–Kier alpha value is -0.460. The Labute approximate surface area is 109 Å². The summed E-state index contributed by atoms with van der Waals surface area (Å²) in [5.74, 6) is -0.266. The number of hydrogen-bond acceptors (Lipinski definition) is 3. The van der Waals surface area contributed by atoms with Gasteiger partial charge in [0.25, 0.3) is 0 Å². The van der Waals surface area contributed by atoms with Crippen molar-refractivity contribution in [2.45, 2.75) is 12.5 Å². The largest absolute Gasteiger partial charge is 0.313 e. The fraction of sp³-hybridized carbons (Fsp3) is 0.455. The lowest BCUT2D eigenvalue weighted by Gasteiger charge is -2.16. The smallest absolute Gasteiger partial charge is 0.147 e. The first-order chi connectivity index (χ1) is 7.83. The van der Waals surface area contributed by atoms with Crippen LogP contribution in [-0.2, 0) is 9.84 Å². The number of hydrogen-bond donors (Lipinski definition) is 1. The molecule has 0 aromatic heterocycles. The molecule has 0 aliphatic carbocycles. The van der Waals surface area contributed by atoms with Crippen molar-refractivity contribution in [3.05, 3.63) is 34.1 Å². The SMILES string of the molecule is CNC(CCS(C)(=O)=O)c1ccc(Br)c(F)c1. The second kappa shape index (κ2) is 5.93. The second-order valence-corrected chi connectivity index (χ2v) is 7.05. The summed E-state index contributed by atoms with van der Waals surface area (Å²) in [6.45, 7) is 0. The van der Waals surface area contributed by atoms with Crippen molar-refractivity contribution >= 4 is 25.8 Å². The van der Waals surface area contributed by atoms with Gasteiger partial charge < -0.3 is 5.32 Å². The molecule has 0 saturated heterocycles. The normalized spacial score (nSPS) is 13.6. The van der Waals surface area contributed by atoms with E-state index in [0.29, 0.717) is 10.9 Å². The van der Waals surface area contributed by atoms with Crippen LogP contribution in [-0.4, -0.2) is 27.5 Å². The summed E-state index contributed by atoms with van der Waals surface area (Å²) in [5.41, 5.74) is 0.747. The van der Waals surface area contributed by atoms with E-state index in [0.717, 1.165) is 5.56 Å². The van der Waals surface area contributed by atoms with Gasteiger partial charge in [0, 0.05) is 12.3 Å². The molecule has 0 amide bonds. The van der Waals surface area contributed by atoms with E-state index >= 15 is 0 Å². The highest BCUT2D eigenvalue weighted by atomic mass is 79.9. The van der Waals surface area contributed by atoms with E-state index in [1.54, 1.807) is 19.2 Å². The standard InChI is InChI=1S/C11H15BrFNO2S/c1-14-11(5-6-17(2,15)16)8-3-4-9(12)10(13)7-8/h3-4,7,11,14H,5-6H2,1-2H3. The maximum Gasteiger partial charge on any atom is 0.147 e. The number of sulfone groups is 1. The highest BCUT2D eigenvalue weighted by Gasteiger charge is 2.14. The van der Waals surface area contributed by atoms with Gasteiger partial charge in [-0.3, -0.25) is 0 Å². The molecule has 1 aromatic carbocycles. The van der Waals surface area contributed by atoms with Crippen LogP contribution in [0, 0.1) is 5.82 Å². The molecule has 1 atom stereocenters. The summed E-state index contributed by atoms with van der Waals surface area (Å²) in [5, 5.41) is 2.99. The maximum absolute atomic E-state index is 13.4. The van der Waals surface area contributed by atoms with Gasteiger partial charge in [0.2, 0.25) is 0 Å². The summed E-state index contributed by atoms with van der Waals surface area (Å²) in [6, 6.07) is 4.65. The van der Waals surface area contributed by atoms with Gasteiger partial charge in [0.15, 0.2) is 0 Å². The zero-order valence-electron chi connectivity index (χ0n) is 9.70. The summed E-state index contributed by atoms with van der Waals surface area (Å²) < 4.78 is 35.9. The predicted octanol–water partition coefficient (Wildman–Crippen LogP) is 2.28. The molecule has 1 unspecified atom stereocenters. The fourth-order valence-electron chi connectivity index (χ4n) is 1.54. The molecule has 0 bridgehead atoms. The summed E-state index contributed by atoms with van der Waals surface area (Å²) >= 11 is 3.08. The molecule has 0 saturated carbocycles. The van der Waals surface area contributed by atoms with Gasteiger partial charge in [0.05, 0.1) is 10.2 Å². The third kappa shape index (κ3) is 4.73. The minimum absolute atomic E-state index is 0.0796. The summed E-state index contributed by atoms with van der Waals surface area (Å²) in [7, 11) is -1.27. The highest BCUT2D eigenvalue weighted by molar-refractivity contribution is 9.10. The van der Waals surface area contributed by atoms with Crippen LogP contribution in [0.1, 0.15) is 18.0 Å². The quantitative estimate of drug-likeness (QED) is 0.904. The van der Waals surface area contributed by atoms with Gasteiger partial charge in [-0.2, -0.15) is 0 Å². The fourth-order valence-corrected chi connectivity index (χ4v) is 2.45. The van der Waals surface area contributed by atoms with Crippen LogP contribution in [0.3, 0.4) is 0 Å². The Morgan fingerprint density at radius 2 is 2.12 bits per heavy atom. The molecule has 17 heavy (non-hydrogen) atoms. The average molecular weight is 324 g/mol. The number of halogens is 2. The topological polar surface area (TPSA) is 46.2 Å². The van der Waals surface area contributed by atoms with Crippen molar-refractivity contribution < 1.29 is 12.8 Å². The van der Waals surface area contributed by atoms with Crippen LogP contribution in [0.25, 0.3) is 0 Å². The molecule has 1 N–H and O–H groups in total. The number of nitrogens with one attached hydrogen (secondary N) is 1. The van der Waals surface area contributed by atoms with Crippen LogP contribution < -0.4 is 5.32 Å². The Bertz CT molecular complexity index is 490. The van der Waals surface area contributed by atoms with Crippen molar-refractivity contribution in [2.24, 2.45) is 0 Å². The molecule has 0 radical (unpaired) electrons. The molecule has 0 heterocycles. The Morgan fingerprint density at radius 1 is 1.47 bits per heavy atom. The zero-order valence-corrected chi connectivity index (χ0v) is 12.1. The van der Waals surface area contributed by atoms with E-state index in [1.165, 1.54) is 12.3 Å². The van der Waals surface area contributed by atoms with Crippen LogP contribution in [0.2, 0.25) is 0 Å². The first-order valence-corrected chi connectivity index (χ1v) is 7.99. The van der Waals surface area contributed by atoms with E-state index in [4.69, 9.17) is 0 Å². The third-order valence-corrected chi connectivity index (χ3v) is 4.09. The van der Waals surface area contributed by atoms with Crippen molar-refractivity contribution in [1.82, 2.24) is 5.32 Å². The van der Waals surface area contributed by atoms with E-state index < -0.39 is 9.84 Å². The Balaban J connectivity index is 2.83. The van der Waals surface area contributed by atoms with Crippen LogP contribution in [0.15, 0.2) is 22.7 Å². The minimum Gasteiger partial charge on any atom is -0.313 e. The average Bonchev–Trinajstić information content (AvgIpc) is 2.22. The van der Waals surface area contributed by atoms with E-state index in [9.17, 15) is 12.8 Å². The van der Waals surface area contributed by atoms with Gasteiger partial charge in [-0.15, -0.1) is 0 Å². The summed E-state index contributed by atoms with van der Waals surface area (Å²) in [6.07, 6.45) is 1.62. The van der Waals surface area contributed by atoms with Crippen molar-refractivity contribution in [3.8, 4) is 0 Å². The Kier molecular flexibility index (Phi) is 5.09. The molecule has 1 aromatic rings. The van der Waals surface area contributed by atoms with Crippen molar-refractivity contribution in [1.29, 1.82) is 0 Å². The van der Waals surface area contributed by atoms with Gasteiger partial charge in [-0.05, 0) is 47.1 Å².